The van der Waals surface area contributed by atoms with E-state index in [2.05, 4.69) is 16.8 Å². The Morgan fingerprint density at radius 1 is 1.00 bits per heavy atom. The Kier molecular flexibility index (Phi) is 4.30. The number of aryl methyl sites for hydroxylation is 1. The van der Waals surface area contributed by atoms with Crippen molar-refractivity contribution in [2.45, 2.75) is 6.92 Å². The molecule has 23 heavy (non-hydrogen) atoms. The molecule has 2 aromatic carbocycles. The third-order valence-corrected chi connectivity index (χ3v) is 4.48. The molecule has 0 spiro atoms. The highest BCUT2D eigenvalue weighted by Crippen LogP contribution is 2.35. The maximum atomic E-state index is 11.4. The number of likely N-dealkylation sites (N-methyl/N-ethyl adjacent to an activating group) is 1. The smallest absolute Gasteiger partial charge is 0.277 e. The summed E-state index contributed by atoms with van der Waals surface area (Å²) in [4.78, 5) is 15.7. The van der Waals surface area contributed by atoms with E-state index in [-0.39, 0.29) is 10.6 Å². The summed E-state index contributed by atoms with van der Waals surface area (Å²) in [7, 11) is 2.12. The van der Waals surface area contributed by atoms with Crippen LogP contribution < -0.4 is 4.90 Å². The molecular weight excluding hydrogens is 290 g/mol. The van der Waals surface area contributed by atoms with Crippen molar-refractivity contribution < 1.29 is 4.92 Å². The van der Waals surface area contributed by atoms with E-state index in [9.17, 15) is 10.1 Å². The van der Waals surface area contributed by atoms with Gasteiger partial charge in [0.1, 0.15) is 0 Å². The fourth-order valence-corrected chi connectivity index (χ4v) is 3.04. The zero-order chi connectivity index (χ0) is 16.4. The molecule has 3 rings (SSSR count). The first-order valence-electron chi connectivity index (χ1n) is 7.84. The van der Waals surface area contributed by atoms with E-state index in [0.717, 1.165) is 43.0 Å². The van der Waals surface area contributed by atoms with Gasteiger partial charge in [-0.15, -0.1) is 0 Å². The minimum atomic E-state index is -0.296. The van der Waals surface area contributed by atoms with Gasteiger partial charge in [0.05, 0.1) is 10.5 Å². The number of nitro groups is 1. The van der Waals surface area contributed by atoms with Crippen LogP contribution in [0.15, 0.2) is 42.5 Å². The second-order valence-electron chi connectivity index (χ2n) is 6.06. The molecule has 2 aromatic rings. The molecule has 0 aliphatic carbocycles. The molecule has 1 heterocycles. The minimum Gasteiger partial charge on any atom is -0.369 e. The molecule has 0 saturated carbocycles. The Labute approximate surface area is 136 Å². The van der Waals surface area contributed by atoms with Crippen LogP contribution in [0.25, 0.3) is 11.1 Å². The summed E-state index contributed by atoms with van der Waals surface area (Å²) in [6, 6.07) is 13.3. The van der Waals surface area contributed by atoms with Gasteiger partial charge in [-0.25, -0.2) is 0 Å². The lowest BCUT2D eigenvalue weighted by atomic mass is 9.98. The summed E-state index contributed by atoms with van der Waals surface area (Å²) in [6.07, 6.45) is 0. The van der Waals surface area contributed by atoms with E-state index in [1.165, 1.54) is 0 Å². The van der Waals surface area contributed by atoms with Crippen LogP contribution in [0.3, 0.4) is 0 Å². The SMILES string of the molecule is Cc1ccccc1-c1cc(N2CCN(C)CC2)ccc1[N+](=O)[O-]. The van der Waals surface area contributed by atoms with Crippen molar-refractivity contribution in [3.63, 3.8) is 0 Å². The Hall–Kier alpha value is -2.40. The lowest BCUT2D eigenvalue weighted by Crippen LogP contribution is -2.44. The summed E-state index contributed by atoms with van der Waals surface area (Å²) >= 11 is 0. The number of piperazine rings is 1. The lowest BCUT2D eigenvalue weighted by Gasteiger charge is -2.34. The fraction of sp³-hybridized carbons (Fsp3) is 0.333. The van der Waals surface area contributed by atoms with Gasteiger partial charge >= 0.3 is 0 Å². The number of nitrogens with zero attached hydrogens (tertiary/aromatic N) is 3. The van der Waals surface area contributed by atoms with Crippen LogP contribution in [0.2, 0.25) is 0 Å². The molecular formula is C18H21N3O2. The fourth-order valence-electron chi connectivity index (χ4n) is 3.04. The summed E-state index contributed by atoms with van der Waals surface area (Å²) in [5, 5.41) is 11.4. The Balaban J connectivity index is 2.04. The zero-order valence-corrected chi connectivity index (χ0v) is 13.5. The Morgan fingerprint density at radius 3 is 2.35 bits per heavy atom. The molecule has 1 aliphatic heterocycles. The molecule has 0 atom stereocenters. The maximum Gasteiger partial charge on any atom is 0.277 e. The van der Waals surface area contributed by atoms with Crippen LogP contribution in [0.1, 0.15) is 5.56 Å². The first kappa shape index (κ1) is 15.5. The van der Waals surface area contributed by atoms with Crippen molar-refractivity contribution in [1.29, 1.82) is 0 Å². The molecule has 0 aromatic heterocycles. The number of rotatable bonds is 3. The van der Waals surface area contributed by atoms with Gasteiger partial charge in [-0.1, -0.05) is 24.3 Å². The second-order valence-corrected chi connectivity index (χ2v) is 6.06. The molecule has 1 fully saturated rings. The highest BCUT2D eigenvalue weighted by Gasteiger charge is 2.20. The first-order chi connectivity index (χ1) is 11.1. The number of hydrogen-bond donors (Lipinski definition) is 0. The molecule has 0 unspecified atom stereocenters. The standard InChI is InChI=1S/C18H21N3O2/c1-14-5-3-4-6-16(14)17-13-15(7-8-18(17)21(22)23)20-11-9-19(2)10-12-20/h3-8,13H,9-12H2,1-2H3. The van der Waals surface area contributed by atoms with E-state index >= 15 is 0 Å². The van der Waals surface area contributed by atoms with Gasteiger partial charge in [-0.3, -0.25) is 10.1 Å². The lowest BCUT2D eigenvalue weighted by molar-refractivity contribution is -0.384. The molecule has 0 amide bonds. The molecule has 5 heteroatoms. The number of nitro benzene ring substituents is 1. The third-order valence-electron chi connectivity index (χ3n) is 4.48. The van der Waals surface area contributed by atoms with Gasteiger partial charge in [-0.05, 0) is 37.2 Å². The Bertz CT molecular complexity index is 722. The van der Waals surface area contributed by atoms with Crippen molar-refractivity contribution in [2.75, 3.05) is 38.1 Å². The molecule has 0 N–H and O–H groups in total. The average molecular weight is 311 g/mol. The quantitative estimate of drug-likeness (QED) is 0.644. The topological polar surface area (TPSA) is 49.6 Å². The van der Waals surface area contributed by atoms with Crippen molar-refractivity contribution in [3.8, 4) is 11.1 Å². The second kappa shape index (κ2) is 6.38. The van der Waals surface area contributed by atoms with Crippen LogP contribution in [0.5, 0.6) is 0 Å². The van der Waals surface area contributed by atoms with E-state index < -0.39 is 0 Å². The number of hydrogen-bond acceptors (Lipinski definition) is 4. The highest BCUT2D eigenvalue weighted by atomic mass is 16.6. The molecule has 5 nitrogen and oxygen atoms in total. The number of benzene rings is 2. The average Bonchev–Trinajstić information content (AvgIpc) is 2.55. The largest absolute Gasteiger partial charge is 0.369 e. The summed E-state index contributed by atoms with van der Waals surface area (Å²) < 4.78 is 0. The van der Waals surface area contributed by atoms with Gasteiger partial charge in [-0.2, -0.15) is 0 Å². The zero-order valence-electron chi connectivity index (χ0n) is 13.5. The first-order valence-corrected chi connectivity index (χ1v) is 7.84. The van der Waals surface area contributed by atoms with E-state index in [4.69, 9.17) is 0 Å². The maximum absolute atomic E-state index is 11.4. The predicted molar refractivity (Wildman–Crippen MR) is 93.0 cm³/mol. The van der Waals surface area contributed by atoms with Gasteiger partial charge < -0.3 is 9.80 Å². The van der Waals surface area contributed by atoms with E-state index in [1.807, 2.05) is 43.3 Å². The van der Waals surface area contributed by atoms with Crippen LogP contribution in [-0.2, 0) is 0 Å². The van der Waals surface area contributed by atoms with Crippen LogP contribution in [0.4, 0.5) is 11.4 Å². The Morgan fingerprint density at radius 2 is 1.70 bits per heavy atom. The monoisotopic (exact) mass is 311 g/mol. The molecule has 120 valence electrons. The van der Waals surface area contributed by atoms with Crippen LogP contribution >= 0.6 is 0 Å². The van der Waals surface area contributed by atoms with Crippen molar-refractivity contribution >= 4 is 11.4 Å². The minimum absolute atomic E-state index is 0.164. The number of anilines is 1. The van der Waals surface area contributed by atoms with Crippen molar-refractivity contribution in [3.05, 3.63) is 58.1 Å². The molecule has 0 radical (unpaired) electrons. The summed E-state index contributed by atoms with van der Waals surface area (Å²) in [6.45, 7) is 5.90. The normalized spacial score (nSPS) is 15.7. The van der Waals surface area contributed by atoms with Gasteiger partial charge in [0.25, 0.3) is 5.69 Å². The predicted octanol–water partition coefficient (Wildman–Crippen LogP) is 3.32. The highest BCUT2D eigenvalue weighted by molar-refractivity contribution is 5.79. The van der Waals surface area contributed by atoms with Crippen molar-refractivity contribution in [2.24, 2.45) is 0 Å². The van der Waals surface area contributed by atoms with Gasteiger partial charge in [0.15, 0.2) is 0 Å². The van der Waals surface area contributed by atoms with Gasteiger partial charge in [0, 0.05) is 37.9 Å². The summed E-state index contributed by atoms with van der Waals surface area (Å²) in [5.74, 6) is 0. The molecule has 1 saturated heterocycles. The van der Waals surface area contributed by atoms with Crippen molar-refractivity contribution in [1.82, 2.24) is 4.90 Å². The van der Waals surface area contributed by atoms with E-state index in [1.54, 1.807) is 6.07 Å². The molecule has 0 bridgehead atoms. The van der Waals surface area contributed by atoms with Crippen LogP contribution in [-0.4, -0.2) is 43.0 Å². The van der Waals surface area contributed by atoms with Crippen LogP contribution in [0, 0.1) is 17.0 Å². The van der Waals surface area contributed by atoms with E-state index in [0.29, 0.717) is 5.56 Å². The van der Waals surface area contributed by atoms with Gasteiger partial charge in [0.2, 0.25) is 0 Å². The summed E-state index contributed by atoms with van der Waals surface area (Å²) in [5.41, 5.74) is 3.89. The molecule has 1 aliphatic rings. The third kappa shape index (κ3) is 3.19.